The van der Waals surface area contributed by atoms with Gasteiger partial charge in [0, 0.05) is 32.1 Å². The monoisotopic (exact) mass is 554 g/mol. The highest BCUT2D eigenvalue weighted by Gasteiger charge is 2.16. The zero-order chi connectivity index (χ0) is 30.3. The highest BCUT2D eigenvalue weighted by molar-refractivity contribution is 5.81. The van der Waals surface area contributed by atoms with E-state index < -0.39 is 0 Å². The third-order valence-corrected chi connectivity index (χ3v) is 7.46. The Morgan fingerprint density at radius 2 is 1.43 bits per heavy atom. The topological polar surface area (TPSA) is 16.1 Å². The summed E-state index contributed by atoms with van der Waals surface area (Å²) in [5, 5.41) is 0. The molecule has 0 bridgehead atoms. The van der Waals surface area contributed by atoms with Crippen molar-refractivity contribution in [2.45, 2.75) is 53.4 Å². The van der Waals surface area contributed by atoms with Crippen LogP contribution in [-0.4, -0.2) is 24.0 Å². The first-order valence-corrected chi connectivity index (χ1v) is 14.9. The Labute approximate surface area is 254 Å². The lowest BCUT2D eigenvalue weighted by Crippen LogP contribution is -2.12. The number of nitrogens with zero attached hydrogens (tertiary/aromatic N) is 2. The van der Waals surface area contributed by atoms with Gasteiger partial charge in [0.05, 0.1) is 5.69 Å². The minimum atomic E-state index is 0.0677. The average Bonchev–Trinajstić information content (AvgIpc) is 2.95. The van der Waals surface area contributed by atoms with Crippen molar-refractivity contribution in [1.82, 2.24) is 9.88 Å². The van der Waals surface area contributed by atoms with Crippen molar-refractivity contribution < 1.29 is 0 Å². The number of hydrogen-bond donors (Lipinski definition) is 0. The van der Waals surface area contributed by atoms with Gasteiger partial charge in [0.25, 0.3) is 0 Å². The maximum absolute atomic E-state index is 4.84. The second-order valence-electron chi connectivity index (χ2n) is 13.3. The Morgan fingerprint density at radius 1 is 0.738 bits per heavy atom. The van der Waals surface area contributed by atoms with Gasteiger partial charge in [-0.15, -0.1) is 0 Å². The summed E-state index contributed by atoms with van der Waals surface area (Å²) in [7, 11) is 4.16. The highest BCUT2D eigenvalue weighted by atomic mass is 15.0. The van der Waals surface area contributed by atoms with Crippen LogP contribution in [0.4, 0.5) is 0 Å². The summed E-state index contributed by atoms with van der Waals surface area (Å²) in [6.07, 6.45) is 14.1. The molecule has 0 aliphatic rings. The smallest absolute Gasteiger partial charge is 0.0708 e. The van der Waals surface area contributed by atoms with Gasteiger partial charge in [-0.1, -0.05) is 145 Å². The molecule has 0 radical (unpaired) electrons. The average molecular weight is 555 g/mol. The summed E-state index contributed by atoms with van der Waals surface area (Å²) in [6.45, 7) is 13.5. The Hall–Kier alpha value is -4.17. The Balaban J connectivity index is 1.70. The van der Waals surface area contributed by atoms with Crippen LogP contribution in [0.1, 0.15) is 63.8 Å². The van der Waals surface area contributed by atoms with E-state index in [0.717, 1.165) is 23.2 Å². The van der Waals surface area contributed by atoms with E-state index in [9.17, 15) is 0 Å². The minimum absolute atomic E-state index is 0.0677. The van der Waals surface area contributed by atoms with E-state index >= 15 is 0 Å². The van der Waals surface area contributed by atoms with Crippen LogP contribution in [0.3, 0.4) is 0 Å². The first-order valence-electron chi connectivity index (χ1n) is 14.9. The van der Waals surface area contributed by atoms with Crippen LogP contribution in [0.5, 0.6) is 0 Å². The van der Waals surface area contributed by atoms with Gasteiger partial charge in [-0.3, -0.25) is 4.98 Å². The molecular weight excluding hydrogens is 508 g/mol. The van der Waals surface area contributed by atoms with Crippen molar-refractivity contribution in [2.75, 3.05) is 14.1 Å². The predicted molar refractivity (Wildman–Crippen MR) is 183 cm³/mol. The highest BCUT2D eigenvalue weighted by Crippen LogP contribution is 2.30. The van der Waals surface area contributed by atoms with Crippen molar-refractivity contribution >= 4 is 12.2 Å². The molecule has 0 unspecified atom stereocenters. The normalized spacial score (nSPS) is 12.8. The third kappa shape index (κ3) is 8.19. The maximum Gasteiger partial charge on any atom is 0.0708 e. The van der Waals surface area contributed by atoms with E-state index in [2.05, 4.69) is 176 Å². The van der Waals surface area contributed by atoms with E-state index in [4.69, 9.17) is 4.98 Å². The maximum atomic E-state index is 4.84. The fraction of sp³-hybridized carbons (Fsp3) is 0.275. The van der Waals surface area contributed by atoms with E-state index in [1.165, 1.54) is 33.4 Å². The molecule has 4 aromatic rings. The van der Waals surface area contributed by atoms with Crippen LogP contribution < -0.4 is 0 Å². The predicted octanol–water partition coefficient (Wildman–Crippen LogP) is 10.5. The second-order valence-corrected chi connectivity index (χ2v) is 13.3. The molecule has 1 heterocycles. The van der Waals surface area contributed by atoms with Crippen LogP contribution in [-0.2, 0) is 11.8 Å². The third-order valence-electron chi connectivity index (χ3n) is 7.46. The first kappa shape index (κ1) is 30.8. The molecule has 0 spiro atoms. The largest absolute Gasteiger partial charge is 0.383 e. The zero-order valence-electron chi connectivity index (χ0n) is 26.6. The van der Waals surface area contributed by atoms with Crippen molar-refractivity contribution in [2.24, 2.45) is 5.41 Å². The van der Waals surface area contributed by atoms with Crippen molar-refractivity contribution in [3.63, 3.8) is 0 Å². The van der Waals surface area contributed by atoms with Crippen LogP contribution in [0, 0.1) is 5.41 Å². The van der Waals surface area contributed by atoms with Gasteiger partial charge in [-0.25, -0.2) is 0 Å². The van der Waals surface area contributed by atoms with Gasteiger partial charge >= 0.3 is 0 Å². The fourth-order valence-corrected chi connectivity index (χ4v) is 4.88. The molecule has 0 atom stereocenters. The van der Waals surface area contributed by atoms with Gasteiger partial charge in [-0.2, -0.15) is 0 Å². The van der Waals surface area contributed by atoms with Crippen LogP contribution in [0.15, 0.2) is 115 Å². The van der Waals surface area contributed by atoms with Crippen molar-refractivity contribution in [3.8, 4) is 22.4 Å². The Kier molecular flexibility index (Phi) is 9.68. The van der Waals surface area contributed by atoms with E-state index in [-0.39, 0.29) is 10.8 Å². The molecule has 216 valence electrons. The summed E-state index contributed by atoms with van der Waals surface area (Å²) in [5.74, 6) is 0. The molecule has 1 aromatic heterocycles. The number of allylic oxidation sites excluding steroid dienone is 3. The summed E-state index contributed by atoms with van der Waals surface area (Å²) >= 11 is 0. The van der Waals surface area contributed by atoms with Gasteiger partial charge in [-0.05, 0) is 62.3 Å². The molecule has 0 saturated carbocycles. The molecule has 2 heteroatoms. The molecule has 0 aliphatic carbocycles. The molecule has 0 N–H and O–H groups in total. The Bertz CT molecular complexity index is 1550. The number of aromatic nitrogens is 1. The van der Waals surface area contributed by atoms with Gasteiger partial charge in [0.1, 0.15) is 0 Å². The summed E-state index contributed by atoms with van der Waals surface area (Å²) in [5.41, 5.74) is 11.0. The van der Waals surface area contributed by atoms with Gasteiger partial charge in [0.15, 0.2) is 0 Å². The van der Waals surface area contributed by atoms with Crippen LogP contribution in [0.25, 0.3) is 34.5 Å². The summed E-state index contributed by atoms with van der Waals surface area (Å²) in [6, 6.07) is 30.3. The standard InChI is InChI=1S/C40H46N2/c1-39(2,3)35-25-26-38(41-28-35)37-20-13-12-17-32(37)23-21-31-22-24-34(30-15-10-9-11-16-30)27-33(31)18-14-19-36(29-42(7)8)40(4,5)6/h9-17,19-29H,18H2,1-8H3/b19-14-,23-21+,36-29+. The lowest BCUT2D eigenvalue weighted by atomic mass is 9.86. The summed E-state index contributed by atoms with van der Waals surface area (Å²) < 4.78 is 0. The second kappa shape index (κ2) is 13.2. The van der Waals surface area contributed by atoms with E-state index in [0.29, 0.717) is 0 Å². The molecule has 0 amide bonds. The molecule has 0 aliphatic heterocycles. The lowest BCUT2D eigenvalue weighted by molar-refractivity contribution is 0.483. The number of hydrogen-bond acceptors (Lipinski definition) is 2. The van der Waals surface area contributed by atoms with Gasteiger partial charge < -0.3 is 4.90 Å². The molecule has 0 fully saturated rings. The SMILES string of the molecule is CN(C)/C=C(\C=C/Cc1cc(-c2ccccc2)ccc1/C=C/c1ccccc1-c1ccc(C(C)(C)C)cn1)C(C)(C)C. The van der Waals surface area contributed by atoms with E-state index in [1.54, 1.807) is 0 Å². The van der Waals surface area contributed by atoms with Gasteiger partial charge in [0.2, 0.25) is 0 Å². The summed E-state index contributed by atoms with van der Waals surface area (Å²) in [4.78, 5) is 6.96. The molecular formula is C40H46N2. The number of rotatable bonds is 8. The lowest BCUT2D eigenvalue weighted by Gasteiger charge is -2.22. The number of pyridine rings is 1. The molecule has 42 heavy (non-hydrogen) atoms. The van der Waals surface area contributed by atoms with Crippen LogP contribution >= 0.6 is 0 Å². The number of benzene rings is 3. The fourth-order valence-electron chi connectivity index (χ4n) is 4.88. The first-order chi connectivity index (χ1) is 19.9. The molecule has 2 nitrogen and oxygen atoms in total. The molecule has 3 aromatic carbocycles. The van der Waals surface area contributed by atoms with Crippen molar-refractivity contribution in [1.29, 1.82) is 0 Å². The van der Waals surface area contributed by atoms with E-state index in [1.807, 2.05) is 6.20 Å². The minimum Gasteiger partial charge on any atom is -0.383 e. The molecule has 0 saturated heterocycles. The Morgan fingerprint density at radius 3 is 2.07 bits per heavy atom. The molecule has 4 rings (SSSR count). The quantitative estimate of drug-likeness (QED) is 0.159. The van der Waals surface area contributed by atoms with Crippen LogP contribution in [0.2, 0.25) is 0 Å². The zero-order valence-corrected chi connectivity index (χ0v) is 26.6. The van der Waals surface area contributed by atoms with Crippen molar-refractivity contribution in [3.05, 3.63) is 137 Å².